The zero-order valence-electron chi connectivity index (χ0n) is 17.7. The maximum Gasteiger partial charge on any atom is 1.00 e. The minimum Gasteiger partial charge on any atom is -0.489 e. The van der Waals surface area contributed by atoms with Gasteiger partial charge in [-0.3, -0.25) is 14.5 Å². The summed E-state index contributed by atoms with van der Waals surface area (Å²) >= 11 is 0. The van der Waals surface area contributed by atoms with E-state index in [0.29, 0.717) is 12.4 Å². The Bertz CT molecular complexity index is 1270. The number of hydrogen-bond acceptors (Lipinski definition) is 5. The maximum atomic E-state index is 11.5. The zero-order chi connectivity index (χ0) is 21.1. The van der Waals surface area contributed by atoms with Crippen LogP contribution in [0.4, 0.5) is 0 Å². The molecule has 0 spiro atoms. The van der Waals surface area contributed by atoms with Gasteiger partial charge in [-0.15, -0.1) is 0 Å². The Morgan fingerprint density at radius 3 is 2.35 bits per heavy atom. The summed E-state index contributed by atoms with van der Waals surface area (Å²) in [6.07, 6.45) is 3.66. The van der Waals surface area contributed by atoms with Gasteiger partial charge in [0.25, 0.3) is 0 Å². The number of rotatable bonds is 6. The number of nitrogens with zero attached hydrogens (tertiary/aromatic N) is 3. The standard InChI is InChI=1S/C23H21N3O4.Na/c1-15-4-3-5-16(2)21(15)19-10-18(11-24-12-19)14-29-20-8-6-17(7-9-20)13-26-22(27)25-23(28)30-26;/h3-12H,13-14H2,1-2H3,(H,25,27,28);/q;+1/p-1. The third kappa shape index (κ3) is 5.44. The average molecular weight is 425 g/mol. The molecule has 2 aromatic heterocycles. The van der Waals surface area contributed by atoms with Crippen LogP contribution in [-0.2, 0) is 13.2 Å². The molecule has 4 aromatic rings. The van der Waals surface area contributed by atoms with E-state index in [-0.39, 0.29) is 36.1 Å². The number of pyridine rings is 1. The quantitative estimate of drug-likeness (QED) is 0.406. The molecular formula is C23H20N3NaO4. The predicted molar refractivity (Wildman–Crippen MR) is 112 cm³/mol. The van der Waals surface area contributed by atoms with Gasteiger partial charge >= 0.3 is 35.3 Å². The molecule has 0 unspecified atom stereocenters. The van der Waals surface area contributed by atoms with E-state index in [1.54, 1.807) is 30.5 Å². The third-order valence-corrected chi connectivity index (χ3v) is 4.81. The van der Waals surface area contributed by atoms with Gasteiger partial charge in [-0.05, 0) is 54.3 Å². The third-order valence-electron chi connectivity index (χ3n) is 4.81. The van der Waals surface area contributed by atoms with Crippen molar-refractivity contribution in [1.82, 2.24) is 14.7 Å². The SMILES string of the molecule is Cc1cccc(C)c1-c1cncc(COc2ccc(Cn3oc(=O)[n-]c3=O)cc2)c1.[Na+]. The zero-order valence-corrected chi connectivity index (χ0v) is 19.7. The number of aryl methyl sites for hydroxylation is 2. The summed E-state index contributed by atoms with van der Waals surface area (Å²) in [7, 11) is 0. The van der Waals surface area contributed by atoms with E-state index < -0.39 is 11.4 Å². The summed E-state index contributed by atoms with van der Waals surface area (Å²) in [6.45, 7) is 4.71. The normalized spacial score (nSPS) is 10.5. The Hall–Kier alpha value is -2.87. The van der Waals surface area contributed by atoms with Crippen molar-refractivity contribution in [2.75, 3.05) is 0 Å². The molecular weight excluding hydrogens is 405 g/mol. The van der Waals surface area contributed by atoms with Gasteiger partial charge in [-0.1, -0.05) is 30.3 Å². The summed E-state index contributed by atoms with van der Waals surface area (Å²) in [6, 6.07) is 15.6. The second-order valence-corrected chi connectivity index (χ2v) is 7.07. The summed E-state index contributed by atoms with van der Waals surface area (Å²) in [4.78, 5) is 30.0. The van der Waals surface area contributed by atoms with Gasteiger partial charge in [-0.25, -0.2) is 4.79 Å². The molecule has 2 aromatic carbocycles. The number of hydrogen-bond donors (Lipinski definition) is 0. The van der Waals surface area contributed by atoms with E-state index in [0.717, 1.165) is 21.4 Å². The van der Waals surface area contributed by atoms with Crippen LogP contribution in [0.1, 0.15) is 22.3 Å². The van der Waals surface area contributed by atoms with Crippen LogP contribution >= 0.6 is 0 Å². The molecule has 0 fully saturated rings. The van der Waals surface area contributed by atoms with Crippen molar-refractivity contribution >= 4 is 0 Å². The summed E-state index contributed by atoms with van der Waals surface area (Å²) < 4.78 is 11.5. The van der Waals surface area contributed by atoms with Crippen molar-refractivity contribution in [2.24, 2.45) is 0 Å². The van der Waals surface area contributed by atoms with E-state index in [9.17, 15) is 9.59 Å². The molecule has 0 saturated carbocycles. The molecule has 0 aliphatic rings. The molecule has 4 rings (SSSR count). The van der Waals surface area contributed by atoms with Crippen LogP contribution in [-0.4, -0.2) is 9.72 Å². The first-order valence-corrected chi connectivity index (χ1v) is 9.47. The first kappa shape index (κ1) is 22.8. The first-order chi connectivity index (χ1) is 14.5. The molecule has 0 aliphatic heterocycles. The molecule has 0 saturated heterocycles. The minimum atomic E-state index is -0.892. The van der Waals surface area contributed by atoms with Crippen LogP contribution in [0.2, 0.25) is 0 Å². The van der Waals surface area contributed by atoms with Crippen LogP contribution in [0.5, 0.6) is 5.75 Å². The first-order valence-electron chi connectivity index (χ1n) is 9.47. The Balaban J connectivity index is 0.00000272. The van der Waals surface area contributed by atoms with E-state index in [4.69, 9.17) is 9.26 Å². The van der Waals surface area contributed by atoms with Crippen molar-refractivity contribution < 1.29 is 38.8 Å². The average Bonchev–Trinajstić information content (AvgIpc) is 3.04. The van der Waals surface area contributed by atoms with E-state index in [2.05, 4.69) is 48.1 Å². The summed E-state index contributed by atoms with van der Waals surface area (Å²) in [5.41, 5.74) is 5.74. The van der Waals surface area contributed by atoms with Gasteiger partial charge in [-0.2, -0.15) is 0 Å². The van der Waals surface area contributed by atoms with Crippen molar-refractivity contribution in [1.29, 1.82) is 0 Å². The summed E-state index contributed by atoms with van der Waals surface area (Å²) in [5, 5.41) is 0. The molecule has 152 valence electrons. The smallest absolute Gasteiger partial charge is 0.489 e. The molecule has 0 amide bonds. The van der Waals surface area contributed by atoms with Gasteiger partial charge in [0.1, 0.15) is 12.4 Å². The van der Waals surface area contributed by atoms with Gasteiger partial charge in [0.15, 0.2) is 5.69 Å². The Kier molecular flexibility index (Phi) is 7.33. The summed E-state index contributed by atoms with van der Waals surface area (Å²) in [5.74, 6) is -0.206. The predicted octanol–water partition coefficient (Wildman–Crippen LogP) is 0.0688. The van der Waals surface area contributed by atoms with Gasteiger partial charge < -0.3 is 14.2 Å². The molecule has 0 bridgehead atoms. The van der Waals surface area contributed by atoms with Crippen molar-refractivity contribution in [3.63, 3.8) is 0 Å². The molecule has 8 heteroatoms. The fourth-order valence-corrected chi connectivity index (χ4v) is 3.38. The fraction of sp³-hybridized carbons (Fsp3) is 0.174. The van der Waals surface area contributed by atoms with Gasteiger partial charge in [0, 0.05) is 30.1 Å². The van der Waals surface area contributed by atoms with Gasteiger partial charge in [0.05, 0.1) is 0 Å². The van der Waals surface area contributed by atoms with Crippen molar-refractivity contribution in [2.45, 2.75) is 27.0 Å². The van der Waals surface area contributed by atoms with Crippen LogP contribution in [0.25, 0.3) is 11.1 Å². The second-order valence-electron chi connectivity index (χ2n) is 7.07. The molecule has 0 N–H and O–H groups in total. The van der Waals surface area contributed by atoms with E-state index >= 15 is 0 Å². The Morgan fingerprint density at radius 2 is 1.71 bits per heavy atom. The minimum absolute atomic E-state index is 0. The van der Waals surface area contributed by atoms with Crippen molar-refractivity contribution in [3.05, 3.63) is 104 Å². The Morgan fingerprint density at radius 1 is 1.00 bits per heavy atom. The molecule has 7 nitrogen and oxygen atoms in total. The maximum absolute atomic E-state index is 11.5. The Labute approximate surface area is 201 Å². The molecule has 31 heavy (non-hydrogen) atoms. The van der Waals surface area contributed by atoms with E-state index in [1.807, 2.05) is 6.20 Å². The van der Waals surface area contributed by atoms with Crippen LogP contribution in [0.15, 0.2) is 75.0 Å². The number of ether oxygens (including phenoxy) is 1. The number of benzene rings is 2. The topological polar surface area (TPSA) is 88.4 Å². The van der Waals surface area contributed by atoms with Crippen molar-refractivity contribution in [3.8, 4) is 16.9 Å². The molecule has 0 radical (unpaired) electrons. The number of aromatic nitrogens is 3. The van der Waals surface area contributed by atoms with Crippen LogP contribution in [0, 0.1) is 13.8 Å². The van der Waals surface area contributed by atoms with Crippen LogP contribution in [0.3, 0.4) is 0 Å². The molecule has 2 heterocycles. The molecule has 0 aliphatic carbocycles. The largest absolute Gasteiger partial charge is 1.00 e. The second kappa shape index (κ2) is 9.96. The molecule has 0 atom stereocenters. The fourth-order valence-electron chi connectivity index (χ4n) is 3.38. The van der Waals surface area contributed by atoms with E-state index in [1.165, 1.54) is 16.7 Å². The van der Waals surface area contributed by atoms with Gasteiger partial charge in [0.2, 0.25) is 0 Å². The van der Waals surface area contributed by atoms with Crippen LogP contribution < -0.4 is 50.7 Å². The monoisotopic (exact) mass is 425 g/mol.